The molecule has 122 valence electrons. The summed E-state index contributed by atoms with van der Waals surface area (Å²) in [7, 11) is 3.27. The Bertz CT molecular complexity index is 610. The number of rotatable bonds is 9. The third-order valence-electron chi connectivity index (χ3n) is 3.53. The van der Waals surface area contributed by atoms with E-state index in [0.29, 0.717) is 31.3 Å². The van der Waals surface area contributed by atoms with Gasteiger partial charge in [-0.15, -0.1) is 0 Å². The molecule has 1 heterocycles. The summed E-state index contributed by atoms with van der Waals surface area (Å²) in [6.07, 6.45) is 1.97. The van der Waals surface area contributed by atoms with Crippen molar-refractivity contribution in [1.29, 1.82) is 0 Å². The molecule has 0 unspecified atom stereocenters. The van der Waals surface area contributed by atoms with Gasteiger partial charge < -0.3 is 24.5 Å². The molecule has 2 rings (SSSR count). The number of benzene rings is 1. The molecule has 6 heteroatoms. The van der Waals surface area contributed by atoms with Gasteiger partial charge in [0.05, 0.1) is 38.5 Å². The summed E-state index contributed by atoms with van der Waals surface area (Å²) >= 11 is 0. The van der Waals surface area contributed by atoms with E-state index in [1.165, 1.54) is 0 Å². The summed E-state index contributed by atoms with van der Waals surface area (Å²) in [6.45, 7) is 4.63. The topological polar surface area (TPSA) is 71.5 Å². The average Bonchev–Trinajstić information content (AvgIpc) is 2.87. The molecule has 0 saturated heterocycles. The van der Waals surface area contributed by atoms with Crippen LogP contribution in [0.2, 0.25) is 0 Å². The van der Waals surface area contributed by atoms with Crippen LogP contribution >= 0.6 is 0 Å². The van der Waals surface area contributed by atoms with E-state index in [-0.39, 0.29) is 0 Å². The van der Waals surface area contributed by atoms with Gasteiger partial charge in [0, 0.05) is 31.6 Å². The lowest BCUT2D eigenvalue weighted by Gasteiger charge is -2.11. The maximum Gasteiger partial charge on any atom is 0.163 e. The number of nitrogens with two attached hydrogens (primary N) is 1. The van der Waals surface area contributed by atoms with Crippen molar-refractivity contribution >= 4 is 11.0 Å². The maximum absolute atomic E-state index is 5.51. The molecule has 2 N–H and O–H groups in total. The summed E-state index contributed by atoms with van der Waals surface area (Å²) in [4.78, 5) is 4.73. The van der Waals surface area contributed by atoms with E-state index >= 15 is 0 Å². The number of imidazole rings is 1. The van der Waals surface area contributed by atoms with E-state index in [1.54, 1.807) is 14.2 Å². The van der Waals surface area contributed by atoms with E-state index in [4.69, 9.17) is 24.9 Å². The standard InChI is InChI=1S/C16H25N3O3/c1-4-5-16-18-12-10-14(20-2)15(21-3)11-13(12)19(16)7-9-22-8-6-17/h10-11H,4-9,17H2,1-3H3. The van der Waals surface area contributed by atoms with Crippen LogP contribution in [0, 0.1) is 0 Å². The predicted octanol–water partition coefficient (Wildman–Crippen LogP) is 1.98. The molecule has 22 heavy (non-hydrogen) atoms. The van der Waals surface area contributed by atoms with Crippen LogP contribution in [0.25, 0.3) is 11.0 Å². The van der Waals surface area contributed by atoms with Gasteiger partial charge in [0.25, 0.3) is 0 Å². The highest BCUT2D eigenvalue weighted by Gasteiger charge is 2.14. The van der Waals surface area contributed by atoms with E-state index in [1.807, 2.05) is 12.1 Å². The monoisotopic (exact) mass is 307 g/mol. The Morgan fingerprint density at radius 2 is 1.86 bits per heavy atom. The highest BCUT2D eigenvalue weighted by atomic mass is 16.5. The third-order valence-corrected chi connectivity index (χ3v) is 3.53. The normalized spacial score (nSPS) is 11.1. The second kappa shape index (κ2) is 8.00. The Morgan fingerprint density at radius 3 is 2.50 bits per heavy atom. The van der Waals surface area contributed by atoms with Gasteiger partial charge in [-0.3, -0.25) is 0 Å². The van der Waals surface area contributed by atoms with E-state index in [0.717, 1.165) is 36.2 Å². The molecule has 1 aromatic heterocycles. The SMILES string of the molecule is CCCc1nc2cc(OC)c(OC)cc2n1CCOCCN. The van der Waals surface area contributed by atoms with Crippen molar-refractivity contribution in [2.75, 3.05) is 34.0 Å². The first-order chi connectivity index (χ1) is 10.7. The highest BCUT2D eigenvalue weighted by Crippen LogP contribution is 2.32. The van der Waals surface area contributed by atoms with Crippen LogP contribution in [-0.4, -0.2) is 43.5 Å². The summed E-state index contributed by atoms with van der Waals surface area (Å²) < 4.78 is 18.5. The number of aryl methyl sites for hydroxylation is 1. The summed E-state index contributed by atoms with van der Waals surface area (Å²) in [5, 5.41) is 0. The Hall–Kier alpha value is -1.79. The Morgan fingerprint density at radius 1 is 1.14 bits per heavy atom. The molecule has 1 aromatic carbocycles. The maximum atomic E-state index is 5.51. The lowest BCUT2D eigenvalue weighted by molar-refractivity contribution is 0.133. The van der Waals surface area contributed by atoms with Crippen molar-refractivity contribution in [3.63, 3.8) is 0 Å². The molecule has 0 amide bonds. The second-order valence-corrected chi connectivity index (χ2v) is 5.03. The van der Waals surface area contributed by atoms with Gasteiger partial charge in [-0.1, -0.05) is 6.92 Å². The van der Waals surface area contributed by atoms with Gasteiger partial charge in [0.1, 0.15) is 5.82 Å². The zero-order chi connectivity index (χ0) is 15.9. The van der Waals surface area contributed by atoms with Crippen molar-refractivity contribution in [2.45, 2.75) is 26.3 Å². The largest absolute Gasteiger partial charge is 0.493 e. The zero-order valence-corrected chi connectivity index (χ0v) is 13.6. The van der Waals surface area contributed by atoms with Gasteiger partial charge in [-0.25, -0.2) is 4.98 Å². The summed E-state index contributed by atoms with van der Waals surface area (Å²) in [5.74, 6) is 2.47. The molecule has 0 aliphatic carbocycles. The van der Waals surface area contributed by atoms with Crippen LogP contribution in [0.1, 0.15) is 19.2 Å². The number of aromatic nitrogens is 2. The molecule has 0 atom stereocenters. The van der Waals surface area contributed by atoms with Gasteiger partial charge in [0.15, 0.2) is 11.5 Å². The number of hydrogen-bond donors (Lipinski definition) is 1. The minimum Gasteiger partial charge on any atom is -0.493 e. The molecule has 0 fully saturated rings. The molecule has 0 aliphatic rings. The van der Waals surface area contributed by atoms with E-state index < -0.39 is 0 Å². The first-order valence-corrected chi connectivity index (χ1v) is 7.64. The Balaban J connectivity index is 2.38. The zero-order valence-electron chi connectivity index (χ0n) is 13.6. The number of nitrogens with zero attached hydrogens (tertiary/aromatic N) is 2. The molecule has 0 aliphatic heterocycles. The van der Waals surface area contributed by atoms with Crippen molar-refractivity contribution in [3.05, 3.63) is 18.0 Å². The fraction of sp³-hybridized carbons (Fsp3) is 0.562. The van der Waals surface area contributed by atoms with Crippen LogP contribution in [0.15, 0.2) is 12.1 Å². The van der Waals surface area contributed by atoms with Crippen molar-refractivity contribution < 1.29 is 14.2 Å². The molecule has 0 bridgehead atoms. The molecule has 0 spiro atoms. The summed E-state index contributed by atoms with van der Waals surface area (Å²) in [5.41, 5.74) is 7.41. The highest BCUT2D eigenvalue weighted by molar-refractivity contribution is 5.80. The molecule has 6 nitrogen and oxygen atoms in total. The quantitative estimate of drug-likeness (QED) is 0.717. The van der Waals surface area contributed by atoms with Crippen LogP contribution in [0.5, 0.6) is 11.5 Å². The van der Waals surface area contributed by atoms with Crippen molar-refractivity contribution in [3.8, 4) is 11.5 Å². The van der Waals surface area contributed by atoms with Gasteiger partial charge >= 0.3 is 0 Å². The smallest absolute Gasteiger partial charge is 0.163 e. The summed E-state index contributed by atoms with van der Waals surface area (Å²) in [6, 6.07) is 3.90. The Labute approximate surface area is 131 Å². The molecule has 0 saturated carbocycles. The Kier molecular flexibility index (Phi) is 6.03. The van der Waals surface area contributed by atoms with Gasteiger partial charge in [-0.2, -0.15) is 0 Å². The lowest BCUT2D eigenvalue weighted by Crippen LogP contribution is -2.14. The predicted molar refractivity (Wildman–Crippen MR) is 86.7 cm³/mol. The first kappa shape index (κ1) is 16.6. The minimum atomic E-state index is 0.539. The number of hydrogen-bond acceptors (Lipinski definition) is 5. The molecular weight excluding hydrogens is 282 g/mol. The number of fused-ring (bicyclic) bond motifs is 1. The lowest BCUT2D eigenvalue weighted by atomic mass is 10.2. The number of ether oxygens (including phenoxy) is 3. The van der Waals surface area contributed by atoms with Crippen LogP contribution < -0.4 is 15.2 Å². The molecule has 2 aromatic rings. The van der Waals surface area contributed by atoms with Crippen LogP contribution in [-0.2, 0) is 17.7 Å². The molecular formula is C16H25N3O3. The second-order valence-electron chi connectivity index (χ2n) is 5.03. The number of methoxy groups -OCH3 is 2. The first-order valence-electron chi connectivity index (χ1n) is 7.64. The van der Waals surface area contributed by atoms with Crippen LogP contribution in [0.4, 0.5) is 0 Å². The molecule has 0 radical (unpaired) electrons. The minimum absolute atomic E-state index is 0.539. The van der Waals surface area contributed by atoms with Crippen molar-refractivity contribution in [2.24, 2.45) is 5.73 Å². The van der Waals surface area contributed by atoms with Crippen LogP contribution in [0.3, 0.4) is 0 Å². The van der Waals surface area contributed by atoms with E-state index in [2.05, 4.69) is 11.5 Å². The van der Waals surface area contributed by atoms with Gasteiger partial charge in [-0.05, 0) is 6.42 Å². The van der Waals surface area contributed by atoms with Crippen molar-refractivity contribution in [1.82, 2.24) is 9.55 Å². The fourth-order valence-corrected chi connectivity index (χ4v) is 2.51. The third kappa shape index (κ3) is 3.51. The van der Waals surface area contributed by atoms with E-state index in [9.17, 15) is 0 Å². The average molecular weight is 307 g/mol. The fourth-order valence-electron chi connectivity index (χ4n) is 2.51. The van der Waals surface area contributed by atoms with Gasteiger partial charge in [0.2, 0.25) is 0 Å².